The van der Waals surface area contributed by atoms with Crippen LogP contribution < -0.4 is 5.56 Å². The molecular weight excluding hydrogens is 375 g/mol. The topological polar surface area (TPSA) is 34.9 Å². The van der Waals surface area contributed by atoms with Crippen LogP contribution in [0.15, 0.2) is 95.8 Å². The SMILES string of the molecule is O=c1c2ccccc2nc(/C=C\c2ccccc2F)n1-c1ccc2ccccc2c1. The van der Waals surface area contributed by atoms with E-state index in [9.17, 15) is 9.18 Å². The maximum atomic E-state index is 14.1. The minimum absolute atomic E-state index is 0.163. The van der Waals surface area contributed by atoms with Gasteiger partial charge in [0.1, 0.15) is 11.6 Å². The monoisotopic (exact) mass is 392 g/mol. The van der Waals surface area contributed by atoms with Gasteiger partial charge >= 0.3 is 0 Å². The second kappa shape index (κ2) is 7.41. The fraction of sp³-hybridized carbons (Fsp3) is 0. The van der Waals surface area contributed by atoms with E-state index in [0.717, 1.165) is 10.8 Å². The van der Waals surface area contributed by atoms with Gasteiger partial charge in [-0.05, 0) is 53.3 Å². The van der Waals surface area contributed by atoms with Gasteiger partial charge in [-0.15, -0.1) is 0 Å². The quantitative estimate of drug-likeness (QED) is 0.386. The van der Waals surface area contributed by atoms with Crippen molar-refractivity contribution in [1.82, 2.24) is 9.55 Å². The first kappa shape index (κ1) is 18.0. The third kappa shape index (κ3) is 3.18. The summed E-state index contributed by atoms with van der Waals surface area (Å²) >= 11 is 0. The highest BCUT2D eigenvalue weighted by Crippen LogP contribution is 2.21. The van der Waals surface area contributed by atoms with Crippen LogP contribution in [0.25, 0.3) is 39.5 Å². The molecule has 0 N–H and O–H groups in total. The largest absolute Gasteiger partial charge is 0.268 e. The van der Waals surface area contributed by atoms with Crippen molar-refractivity contribution < 1.29 is 4.39 Å². The molecule has 3 nitrogen and oxygen atoms in total. The number of benzene rings is 4. The molecule has 144 valence electrons. The summed E-state index contributed by atoms with van der Waals surface area (Å²) in [4.78, 5) is 18.1. The van der Waals surface area contributed by atoms with Gasteiger partial charge in [0, 0.05) is 5.56 Å². The first-order chi connectivity index (χ1) is 14.7. The maximum absolute atomic E-state index is 14.1. The molecule has 30 heavy (non-hydrogen) atoms. The summed E-state index contributed by atoms with van der Waals surface area (Å²) in [6, 6.07) is 27.6. The Morgan fingerprint density at radius 3 is 2.37 bits per heavy atom. The fourth-order valence-electron chi connectivity index (χ4n) is 3.60. The van der Waals surface area contributed by atoms with Crippen LogP contribution in [0.4, 0.5) is 4.39 Å². The lowest BCUT2D eigenvalue weighted by Crippen LogP contribution is -2.22. The van der Waals surface area contributed by atoms with Gasteiger partial charge in [-0.3, -0.25) is 9.36 Å². The summed E-state index contributed by atoms with van der Waals surface area (Å²) in [5.74, 6) is 0.117. The second-order valence-electron chi connectivity index (χ2n) is 7.01. The molecular formula is C26H17FN2O. The molecule has 0 aliphatic heterocycles. The van der Waals surface area contributed by atoms with Gasteiger partial charge in [-0.1, -0.05) is 60.7 Å². The summed E-state index contributed by atoms with van der Waals surface area (Å²) in [6.45, 7) is 0. The van der Waals surface area contributed by atoms with Gasteiger partial charge in [-0.2, -0.15) is 0 Å². The fourth-order valence-corrected chi connectivity index (χ4v) is 3.60. The molecule has 0 radical (unpaired) electrons. The zero-order chi connectivity index (χ0) is 20.5. The van der Waals surface area contributed by atoms with E-state index in [-0.39, 0.29) is 11.4 Å². The molecule has 0 saturated carbocycles. The predicted octanol–water partition coefficient (Wildman–Crippen LogP) is 5.85. The molecule has 0 aliphatic carbocycles. The Morgan fingerprint density at radius 2 is 1.50 bits per heavy atom. The van der Waals surface area contributed by atoms with Crippen LogP contribution in [0.3, 0.4) is 0 Å². The first-order valence-electron chi connectivity index (χ1n) is 9.64. The molecule has 5 aromatic rings. The highest BCUT2D eigenvalue weighted by Gasteiger charge is 2.11. The van der Waals surface area contributed by atoms with E-state index in [1.165, 1.54) is 6.07 Å². The number of aromatic nitrogens is 2. The molecule has 4 heteroatoms. The molecule has 0 unspecified atom stereocenters. The lowest BCUT2D eigenvalue weighted by molar-refractivity contribution is 0.625. The van der Waals surface area contributed by atoms with Crippen molar-refractivity contribution in [2.75, 3.05) is 0 Å². The molecule has 0 atom stereocenters. The van der Waals surface area contributed by atoms with Gasteiger partial charge < -0.3 is 0 Å². The van der Waals surface area contributed by atoms with E-state index in [1.54, 1.807) is 41.0 Å². The van der Waals surface area contributed by atoms with Gasteiger partial charge in [0.05, 0.1) is 16.6 Å². The predicted molar refractivity (Wildman–Crippen MR) is 120 cm³/mol. The van der Waals surface area contributed by atoms with E-state index >= 15 is 0 Å². The molecule has 0 saturated heterocycles. The van der Waals surface area contributed by atoms with Crippen molar-refractivity contribution >= 4 is 33.8 Å². The van der Waals surface area contributed by atoms with Crippen molar-refractivity contribution in [3.63, 3.8) is 0 Å². The van der Waals surface area contributed by atoms with E-state index < -0.39 is 0 Å². The molecule has 0 bridgehead atoms. The second-order valence-corrected chi connectivity index (χ2v) is 7.01. The standard InChI is InChI=1S/C26H17FN2O/c27-23-11-5-3-8-19(23)14-16-25-28-24-12-6-4-10-22(24)26(30)29(25)21-15-13-18-7-1-2-9-20(18)17-21/h1-17H/b16-14-. The minimum Gasteiger partial charge on any atom is -0.268 e. The van der Waals surface area contributed by atoms with E-state index in [2.05, 4.69) is 0 Å². The Morgan fingerprint density at radius 1 is 0.767 bits per heavy atom. The number of nitrogens with zero attached hydrogens (tertiary/aromatic N) is 2. The van der Waals surface area contributed by atoms with Crippen LogP contribution in [0.2, 0.25) is 0 Å². The zero-order valence-electron chi connectivity index (χ0n) is 16.0. The van der Waals surface area contributed by atoms with Crippen LogP contribution in [0.1, 0.15) is 11.4 Å². The number of hydrogen-bond acceptors (Lipinski definition) is 2. The van der Waals surface area contributed by atoms with Crippen molar-refractivity contribution in [2.45, 2.75) is 0 Å². The summed E-state index contributed by atoms with van der Waals surface area (Å²) in [7, 11) is 0. The Kier molecular flexibility index (Phi) is 4.45. The summed E-state index contributed by atoms with van der Waals surface area (Å²) < 4.78 is 15.7. The molecule has 0 spiro atoms. The van der Waals surface area contributed by atoms with Crippen LogP contribution in [0, 0.1) is 5.82 Å². The first-order valence-corrected chi connectivity index (χ1v) is 9.64. The van der Waals surface area contributed by atoms with Crippen LogP contribution in [0.5, 0.6) is 0 Å². The smallest absolute Gasteiger partial charge is 0.266 e. The van der Waals surface area contributed by atoms with Crippen LogP contribution in [-0.4, -0.2) is 9.55 Å². The molecule has 0 amide bonds. The van der Waals surface area contributed by atoms with Crippen molar-refractivity contribution in [3.8, 4) is 5.69 Å². The molecule has 1 heterocycles. The lowest BCUT2D eigenvalue weighted by atomic mass is 10.1. The average Bonchev–Trinajstić information content (AvgIpc) is 2.78. The van der Waals surface area contributed by atoms with E-state index in [1.807, 2.05) is 60.7 Å². The van der Waals surface area contributed by atoms with Crippen molar-refractivity contribution in [1.29, 1.82) is 0 Å². The van der Waals surface area contributed by atoms with Gasteiger partial charge in [0.25, 0.3) is 5.56 Å². The summed E-state index contributed by atoms with van der Waals surface area (Å²) in [5, 5.41) is 2.65. The Bertz CT molecular complexity index is 1480. The summed E-state index contributed by atoms with van der Waals surface area (Å²) in [5.41, 5.74) is 1.59. The average molecular weight is 392 g/mol. The van der Waals surface area contributed by atoms with Gasteiger partial charge in [-0.25, -0.2) is 9.37 Å². The molecule has 4 aromatic carbocycles. The maximum Gasteiger partial charge on any atom is 0.266 e. The van der Waals surface area contributed by atoms with E-state index in [0.29, 0.717) is 28.0 Å². The Hall–Kier alpha value is -4.05. The third-order valence-electron chi connectivity index (χ3n) is 5.11. The van der Waals surface area contributed by atoms with Crippen LogP contribution >= 0.6 is 0 Å². The third-order valence-corrected chi connectivity index (χ3v) is 5.11. The Labute approximate surface area is 172 Å². The van der Waals surface area contributed by atoms with Crippen LogP contribution in [-0.2, 0) is 0 Å². The van der Waals surface area contributed by atoms with Gasteiger partial charge in [0.15, 0.2) is 0 Å². The molecule has 0 aliphatic rings. The number of hydrogen-bond donors (Lipinski definition) is 0. The lowest BCUT2D eigenvalue weighted by Gasteiger charge is -2.12. The molecule has 5 rings (SSSR count). The normalized spacial score (nSPS) is 11.5. The highest BCUT2D eigenvalue weighted by atomic mass is 19.1. The van der Waals surface area contributed by atoms with Crippen molar-refractivity contribution in [3.05, 3.63) is 119 Å². The number of fused-ring (bicyclic) bond motifs is 2. The van der Waals surface area contributed by atoms with Gasteiger partial charge in [0.2, 0.25) is 0 Å². The molecule has 0 fully saturated rings. The number of rotatable bonds is 3. The minimum atomic E-state index is -0.325. The van der Waals surface area contributed by atoms with Crippen molar-refractivity contribution in [2.24, 2.45) is 0 Å². The Balaban J connectivity index is 1.76. The summed E-state index contributed by atoms with van der Waals surface area (Å²) in [6.07, 6.45) is 3.32. The molecule has 1 aromatic heterocycles. The van der Waals surface area contributed by atoms with E-state index in [4.69, 9.17) is 4.98 Å². The highest BCUT2D eigenvalue weighted by molar-refractivity contribution is 5.85. The zero-order valence-corrected chi connectivity index (χ0v) is 16.0. The number of para-hydroxylation sites is 1. The number of halogens is 1.